The predicted octanol–water partition coefficient (Wildman–Crippen LogP) is 1.09. The third kappa shape index (κ3) is 1.09. The van der Waals surface area contributed by atoms with Gasteiger partial charge in [-0.3, -0.25) is 0 Å². The van der Waals surface area contributed by atoms with Crippen molar-refractivity contribution in [3.8, 4) is 0 Å². The summed E-state index contributed by atoms with van der Waals surface area (Å²) in [5.74, 6) is 0. The number of rotatable bonds is 1. The Labute approximate surface area is 46.0 Å². The van der Waals surface area contributed by atoms with Crippen LogP contribution in [-0.2, 0) is 0 Å². The topological polar surface area (TPSA) is 12.0 Å². The number of nitrogens with one attached hydrogen (secondary N) is 1. The molecule has 1 unspecified atom stereocenters. The van der Waals surface area contributed by atoms with Crippen molar-refractivity contribution in [1.82, 2.24) is 5.32 Å². The third-order valence-electron chi connectivity index (χ3n) is 0.733. The fourth-order valence-corrected chi connectivity index (χ4v) is 0.978. The first-order valence-electron chi connectivity index (χ1n) is 2.06. The van der Waals surface area contributed by atoms with Crippen LogP contribution in [0.1, 0.15) is 0 Å². The standard InChI is InChI=1S/C4H6FNS/c5-3-4-6-1-2-7-4/h1-2,4,6H,3H2. The molecule has 0 aromatic heterocycles. The van der Waals surface area contributed by atoms with Gasteiger partial charge in [-0.25, -0.2) is 4.39 Å². The zero-order valence-electron chi connectivity index (χ0n) is 3.73. The van der Waals surface area contributed by atoms with Crippen molar-refractivity contribution in [2.75, 3.05) is 6.67 Å². The summed E-state index contributed by atoms with van der Waals surface area (Å²) in [5.41, 5.74) is 0. The highest BCUT2D eigenvalue weighted by Gasteiger charge is 2.06. The van der Waals surface area contributed by atoms with Crippen molar-refractivity contribution in [2.24, 2.45) is 0 Å². The van der Waals surface area contributed by atoms with Gasteiger partial charge >= 0.3 is 0 Å². The molecule has 0 bridgehead atoms. The molecule has 0 aromatic rings. The zero-order chi connectivity index (χ0) is 5.11. The van der Waals surface area contributed by atoms with Crippen LogP contribution in [-0.4, -0.2) is 12.0 Å². The molecule has 40 valence electrons. The average molecular weight is 119 g/mol. The van der Waals surface area contributed by atoms with Crippen molar-refractivity contribution in [3.05, 3.63) is 11.6 Å². The van der Waals surface area contributed by atoms with Gasteiger partial charge in [-0.15, -0.1) is 11.8 Å². The summed E-state index contributed by atoms with van der Waals surface area (Å²) in [6, 6.07) is 0. The van der Waals surface area contributed by atoms with E-state index in [1.54, 1.807) is 6.20 Å². The van der Waals surface area contributed by atoms with Crippen molar-refractivity contribution in [1.29, 1.82) is 0 Å². The van der Waals surface area contributed by atoms with Crippen molar-refractivity contribution in [3.63, 3.8) is 0 Å². The number of hydrogen-bond acceptors (Lipinski definition) is 2. The molecule has 1 N–H and O–H groups in total. The van der Waals surface area contributed by atoms with E-state index in [9.17, 15) is 4.39 Å². The lowest BCUT2D eigenvalue weighted by molar-refractivity contribution is 0.470. The SMILES string of the molecule is FCC1NC=CS1. The van der Waals surface area contributed by atoms with Gasteiger partial charge in [-0.05, 0) is 5.41 Å². The molecule has 1 atom stereocenters. The lowest BCUT2D eigenvalue weighted by Gasteiger charge is -2.00. The number of thioether (sulfide) groups is 1. The van der Waals surface area contributed by atoms with Gasteiger partial charge in [0, 0.05) is 6.20 Å². The molecule has 1 aliphatic rings. The molecule has 1 heterocycles. The Bertz CT molecular complexity index is 75.8. The maximum absolute atomic E-state index is 11.6. The molecule has 0 saturated heterocycles. The van der Waals surface area contributed by atoms with Gasteiger partial charge in [0.15, 0.2) is 0 Å². The lowest BCUT2D eigenvalue weighted by atomic mass is 10.7. The number of hydrogen-bond donors (Lipinski definition) is 1. The van der Waals surface area contributed by atoms with E-state index >= 15 is 0 Å². The molecule has 3 heteroatoms. The fourth-order valence-electron chi connectivity index (χ4n) is 0.401. The Morgan fingerprint density at radius 3 is 3.00 bits per heavy atom. The van der Waals surface area contributed by atoms with Crippen LogP contribution in [0, 0.1) is 0 Å². The van der Waals surface area contributed by atoms with E-state index < -0.39 is 0 Å². The Hall–Kier alpha value is -0.180. The molecule has 1 aliphatic heterocycles. The van der Waals surface area contributed by atoms with Gasteiger partial charge < -0.3 is 5.32 Å². The van der Waals surface area contributed by atoms with Crippen LogP contribution in [0.3, 0.4) is 0 Å². The van der Waals surface area contributed by atoms with Crippen LogP contribution in [0.4, 0.5) is 4.39 Å². The highest BCUT2D eigenvalue weighted by molar-refractivity contribution is 8.02. The maximum atomic E-state index is 11.6. The maximum Gasteiger partial charge on any atom is 0.119 e. The van der Waals surface area contributed by atoms with Gasteiger partial charge in [0.25, 0.3) is 0 Å². The van der Waals surface area contributed by atoms with E-state index in [4.69, 9.17) is 0 Å². The predicted molar refractivity (Wildman–Crippen MR) is 29.6 cm³/mol. The average Bonchev–Trinajstić information content (AvgIpc) is 2.14. The summed E-state index contributed by atoms with van der Waals surface area (Å²) in [7, 11) is 0. The van der Waals surface area contributed by atoms with Crippen LogP contribution in [0.15, 0.2) is 11.6 Å². The van der Waals surface area contributed by atoms with Crippen molar-refractivity contribution < 1.29 is 4.39 Å². The molecular formula is C4H6FNS. The second-order valence-corrected chi connectivity index (χ2v) is 2.36. The van der Waals surface area contributed by atoms with Crippen LogP contribution >= 0.6 is 11.8 Å². The second kappa shape index (κ2) is 2.21. The molecule has 0 saturated carbocycles. The molecule has 7 heavy (non-hydrogen) atoms. The normalized spacial score (nSPS) is 27.9. The monoisotopic (exact) mass is 119 g/mol. The highest BCUT2D eigenvalue weighted by atomic mass is 32.2. The largest absolute Gasteiger partial charge is 0.376 e. The molecule has 0 radical (unpaired) electrons. The summed E-state index contributed by atoms with van der Waals surface area (Å²) in [6.45, 7) is -0.294. The first-order chi connectivity index (χ1) is 3.43. The number of halogens is 1. The van der Waals surface area contributed by atoms with E-state index in [1.165, 1.54) is 11.8 Å². The van der Waals surface area contributed by atoms with Crippen molar-refractivity contribution >= 4 is 11.8 Å². The molecule has 0 fully saturated rings. The van der Waals surface area contributed by atoms with E-state index in [0.717, 1.165) is 0 Å². The zero-order valence-corrected chi connectivity index (χ0v) is 4.54. The van der Waals surface area contributed by atoms with E-state index in [1.807, 2.05) is 5.41 Å². The highest BCUT2D eigenvalue weighted by Crippen LogP contribution is 2.14. The summed E-state index contributed by atoms with van der Waals surface area (Å²) < 4.78 is 11.6. The van der Waals surface area contributed by atoms with Gasteiger partial charge in [0.2, 0.25) is 0 Å². The van der Waals surface area contributed by atoms with E-state index in [0.29, 0.717) is 0 Å². The quantitative estimate of drug-likeness (QED) is 0.554. The fraction of sp³-hybridized carbons (Fsp3) is 0.500. The second-order valence-electron chi connectivity index (χ2n) is 1.25. The van der Waals surface area contributed by atoms with Crippen LogP contribution in [0.25, 0.3) is 0 Å². The Kier molecular flexibility index (Phi) is 1.57. The van der Waals surface area contributed by atoms with E-state index in [2.05, 4.69) is 5.32 Å². The number of alkyl halides is 1. The summed E-state index contributed by atoms with van der Waals surface area (Å²) in [6.07, 6.45) is 1.76. The first kappa shape index (κ1) is 4.97. The third-order valence-corrected chi connectivity index (χ3v) is 1.62. The van der Waals surface area contributed by atoms with Gasteiger partial charge in [0.05, 0.1) is 0 Å². The van der Waals surface area contributed by atoms with Crippen LogP contribution in [0.2, 0.25) is 0 Å². The molecular weight excluding hydrogens is 113 g/mol. The minimum Gasteiger partial charge on any atom is -0.376 e. The molecule has 0 aliphatic carbocycles. The van der Waals surface area contributed by atoms with Gasteiger partial charge in [0.1, 0.15) is 12.0 Å². The van der Waals surface area contributed by atoms with Crippen molar-refractivity contribution in [2.45, 2.75) is 5.37 Å². The lowest BCUT2D eigenvalue weighted by Crippen LogP contribution is -2.17. The smallest absolute Gasteiger partial charge is 0.119 e. The molecule has 1 nitrogen and oxygen atoms in total. The van der Waals surface area contributed by atoms with Gasteiger partial charge in [-0.2, -0.15) is 0 Å². The summed E-state index contributed by atoms with van der Waals surface area (Å²) in [5, 5.41) is 4.65. The minimum atomic E-state index is -0.294. The van der Waals surface area contributed by atoms with Crippen LogP contribution in [0.5, 0.6) is 0 Å². The molecule has 1 rings (SSSR count). The Balaban J connectivity index is 2.22. The summed E-state index contributed by atoms with van der Waals surface area (Å²) in [4.78, 5) is 0. The summed E-state index contributed by atoms with van der Waals surface area (Å²) >= 11 is 1.48. The Morgan fingerprint density at radius 2 is 2.71 bits per heavy atom. The minimum absolute atomic E-state index is 0.0139. The van der Waals surface area contributed by atoms with Gasteiger partial charge in [-0.1, -0.05) is 0 Å². The molecule has 0 amide bonds. The Morgan fingerprint density at radius 1 is 1.86 bits per heavy atom. The molecule has 0 aromatic carbocycles. The molecule has 0 spiro atoms. The first-order valence-corrected chi connectivity index (χ1v) is 3.00. The van der Waals surface area contributed by atoms with E-state index in [-0.39, 0.29) is 12.0 Å². The van der Waals surface area contributed by atoms with Crippen LogP contribution < -0.4 is 5.32 Å².